The van der Waals surface area contributed by atoms with Crippen LogP contribution in [0.4, 0.5) is 0 Å². The van der Waals surface area contributed by atoms with Gasteiger partial charge in [-0.15, -0.1) is 0 Å². The number of hydrogen-bond acceptors (Lipinski definition) is 3. The summed E-state index contributed by atoms with van der Waals surface area (Å²) in [5, 5.41) is 0.849. The highest BCUT2D eigenvalue weighted by molar-refractivity contribution is 6.04. The third-order valence-electron chi connectivity index (χ3n) is 2.06. The highest BCUT2D eigenvalue weighted by atomic mass is 16.3. The SMILES string of the molecule is NCc1cc2cccc(C(N)=O)c2o1. The van der Waals surface area contributed by atoms with Gasteiger partial charge in [0.2, 0.25) is 0 Å². The van der Waals surface area contributed by atoms with Crippen LogP contribution in [0.15, 0.2) is 28.7 Å². The number of hydrogen-bond donors (Lipinski definition) is 2. The fraction of sp³-hybridized carbons (Fsp3) is 0.100. The Hall–Kier alpha value is -1.81. The topological polar surface area (TPSA) is 82.2 Å². The van der Waals surface area contributed by atoms with Crippen LogP contribution in [-0.4, -0.2) is 5.91 Å². The normalized spacial score (nSPS) is 10.6. The summed E-state index contributed by atoms with van der Waals surface area (Å²) in [4.78, 5) is 11.0. The largest absolute Gasteiger partial charge is 0.459 e. The molecule has 0 aliphatic carbocycles. The van der Waals surface area contributed by atoms with Crippen LogP contribution in [0.3, 0.4) is 0 Å². The molecule has 0 spiro atoms. The minimum atomic E-state index is -0.492. The van der Waals surface area contributed by atoms with E-state index < -0.39 is 5.91 Å². The van der Waals surface area contributed by atoms with Crippen molar-refractivity contribution >= 4 is 16.9 Å². The fourth-order valence-corrected chi connectivity index (χ4v) is 1.41. The number of amides is 1. The van der Waals surface area contributed by atoms with Gasteiger partial charge in [-0.2, -0.15) is 0 Å². The van der Waals surface area contributed by atoms with Gasteiger partial charge in [0.15, 0.2) is 0 Å². The van der Waals surface area contributed by atoms with Gasteiger partial charge in [0, 0.05) is 5.39 Å². The monoisotopic (exact) mass is 190 g/mol. The van der Waals surface area contributed by atoms with Crippen molar-refractivity contribution in [3.8, 4) is 0 Å². The minimum absolute atomic E-state index is 0.312. The van der Waals surface area contributed by atoms with Crippen molar-refractivity contribution in [2.45, 2.75) is 6.54 Å². The fourth-order valence-electron chi connectivity index (χ4n) is 1.41. The first-order chi connectivity index (χ1) is 6.72. The number of primary amides is 1. The molecular formula is C10H10N2O2. The van der Waals surface area contributed by atoms with Gasteiger partial charge in [-0.1, -0.05) is 12.1 Å². The second-order valence-corrected chi connectivity index (χ2v) is 3.01. The smallest absolute Gasteiger partial charge is 0.252 e. The zero-order valence-electron chi connectivity index (χ0n) is 7.49. The van der Waals surface area contributed by atoms with Crippen molar-refractivity contribution in [1.29, 1.82) is 0 Å². The van der Waals surface area contributed by atoms with Crippen LogP contribution in [0.1, 0.15) is 16.1 Å². The van der Waals surface area contributed by atoms with Gasteiger partial charge in [-0.25, -0.2) is 0 Å². The molecule has 1 amide bonds. The Labute approximate surface area is 80.5 Å². The van der Waals surface area contributed by atoms with Gasteiger partial charge in [-0.05, 0) is 12.1 Å². The number of carbonyl (C=O) groups is 1. The van der Waals surface area contributed by atoms with Gasteiger partial charge in [0.1, 0.15) is 11.3 Å². The van der Waals surface area contributed by atoms with E-state index in [1.165, 1.54) is 0 Å². The van der Waals surface area contributed by atoms with Crippen molar-refractivity contribution < 1.29 is 9.21 Å². The molecule has 1 aromatic heterocycles. The Morgan fingerprint density at radius 2 is 2.21 bits per heavy atom. The highest BCUT2D eigenvalue weighted by Gasteiger charge is 2.10. The molecule has 2 rings (SSSR count). The zero-order chi connectivity index (χ0) is 10.1. The van der Waals surface area contributed by atoms with E-state index in [-0.39, 0.29) is 0 Å². The molecule has 72 valence electrons. The van der Waals surface area contributed by atoms with Gasteiger partial charge in [0.25, 0.3) is 5.91 Å². The van der Waals surface area contributed by atoms with Gasteiger partial charge >= 0.3 is 0 Å². The minimum Gasteiger partial charge on any atom is -0.459 e. The first kappa shape index (κ1) is 8.77. The average Bonchev–Trinajstić information content (AvgIpc) is 2.59. The van der Waals surface area contributed by atoms with E-state index in [2.05, 4.69) is 0 Å². The predicted octanol–water partition coefficient (Wildman–Crippen LogP) is 0.990. The molecule has 2 aromatic rings. The Bertz CT molecular complexity index is 488. The molecule has 1 aromatic carbocycles. The molecule has 14 heavy (non-hydrogen) atoms. The summed E-state index contributed by atoms with van der Waals surface area (Å²) in [6, 6.07) is 7.05. The molecule has 0 aliphatic rings. The van der Waals surface area contributed by atoms with Crippen molar-refractivity contribution in [3.05, 3.63) is 35.6 Å². The summed E-state index contributed by atoms with van der Waals surface area (Å²) in [5.41, 5.74) is 11.5. The number of carbonyl (C=O) groups excluding carboxylic acids is 1. The van der Waals surface area contributed by atoms with E-state index in [1.807, 2.05) is 12.1 Å². The van der Waals surface area contributed by atoms with Crippen molar-refractivity contribution in [2.75, 3.05) is 0 Å². The first-order valence-corrected chi connectivity index (χ1v) is 4.23. The maximum atomic E-state index is 11.0. The molecule has 0 bridgehead atoms. The van der Waals surface area contributed by atoms with Crippen LogP contribution in [0, 0.1) is 0 Å². The molecule has 0 saturated heterocycles. The summed E-state index contributed by atoms with van der Waals surface area (Å²) in [6.07, 6.45) is 0. The molecular weight excluding hydrogens is 180 g/mol. The molecule has 0 saturated carbocycles. The van der Waals surface area contributed by atoms with Crippen LogP contribution in [-0.2, 0) is 6.54 Å². The van der Waals surface area contributed by atoms with Gasteiger partial charge in [-0.3, -0.25) is 4.79 Å². The Morgan fingerprint density at radius 3 is 2.86 bits per heavy atom. The van der Waals surface area contributed by atoms with Gasteiger partial charge in [0.05, 0.1) is 12.1 Å². The maximum Gasteiger partial charge on any atom is 0.252 e. The van der Waals surface area contributed by atoms with Crippen LogP contribution in [0.5, 0.6) is 0 Å². The maximum absolute atomic E-state index is 11.0. The lowest BCUT2D eigenvalue weighted by Gasteiger charge is -1.95. The molecule has 1 heterocycles. The van der Waals surface area contributed by atoms with Crippen LogP contribution < -0.4 is 11.5 Å². The van der Waals surface area contributed by atoms with Crippen molar-refractivity contribution in [1.82, 2.24) is 0 Å². The molecule has 4 nitrogen and oxygen atoms in total. The number of benzene rings is 1. The predicted molar refractivity (Wildman–Crippen MR) is 52.6 cm³/mol. The van der Waals surface area contributed by atoms with Crippen LogP contribution in [0.25, 0.3) is 11.0 Å². The van der Waals surface area contributed by atoms with E-state index in [4.69, 9.17) is 15.9 Å². The van der Waals surface area contributed by atoms with Gasteiger partial charge < -0.3 is 15.9 Å². The molecule has 0 atom stereocenters. The van der Waals surface area contributed by atoms with Crippen molar-refractivity contribution in [3.63, 3.8) is 0 Å². The second kappa shape index (κ2) is 3.16. The molecule has 0 fully saturated rings. The molecule has 4 heteroatoms. The Kier molecular flexibility index (Phi) is 1.98. The number of para-hydroxylation sites is 1. The molecule has 4 N–H and O–H groups in total. The number of rotatable bonds is 2. The first-order valence-electron chi connectivity index (χ1n) is 4.23. The van der Waals surface area contributed by atoms with Crippen LogP contribution in [0.2, 0.25) is 0 Å². The highest BCUT2D eigenvalue weighted by Crippen LogP contribution is 2.22. The Balaban J connectivity index is 2.73. The standard InChI is InChI=1S/C10H10N2O2/c11-5-7-4-6-2-1-3-8(10(12)13)9(6)14-7/h1-4H,5,11H2,(H2,12,13). The molecule has 0 unspecified atom stereocenters. The average molecular weight is 190 g/mol. The van der Waals surface area contributed by atoms with E-state index in [1.54, 1.807) is 12.1 Å². The summed E-state index contributed by atoms with van der Waals surface area (Å²) in [5.74, 6) is 0.155. The number of fused-ring (bicyclic) bond motifs is 1. The summed E-state index contributed by atoms with van der Waals surface area (Å²) in [6.45, 7) is 0.312. The molecule has 0 radical (unpaired) electrons. The lowest BCUT2D eigenvalue weighted by Crippen LogP contribution is -2.10. The van der Waals surface area contributed by atoms with E-state index in [0.717, 1.165) is 5.39 Å². The zero-order valence-corrected chi connectivity index (χ0v) is 7.49. The molecule has 0 aliphatic heterocycles. The van der Waals surface area contributed by atoms with Crippen molar-refractivity contribution in [2.24, 2.45) is 11.5 Å². The summed E-state index contributed by atoms with van der Waals surface area (Å²) in [7, 11) is 0. The lowest BCUT2D eigenvalue weighted by molar-refractivity contribution is 0.100. The third-order valence-corrected chi connectivity index (χ3v) is 2.06. The van der Waals surface area contributed by atoms with E-state index in [0.29, 0.717) is 23.5 Å². The third kappa shape index (κ3) is 1.25. The summed E-state index contributed by atoms with van der Waals surface area (Å²) >= 11 is 0. The quantitative estimate of drug-likeness (QED) is 0.740. The van der Waals surface area contributed by atoms with E-state index in [9.17, 15) is 4.79 Å². The number of nitrogens with two attached hydrogens (primary N) is 2. The van der Waals surface area contributed by atoms with E-state index >= 15 is 0 Å². The van der Waals surface area contributed by atoms with Crippen LogP contribution >= 0.6 is 0 Å². The number of furan rings is 1. The lowest BCUT2D eigenvalue weighted by atomic mass is 10.1. The summed E-state index contributed by atoms with van der Waals surface area (Å²) < 4.78 is 5.38. The Morgan fingerprint density at radius 1 is 1.43 bits per heavy atom. The second-order valence-electron chi connectivity index (χ2n) is 3.01.